The van der Waals surface area contributed by atoms with Gasteiger partial charge in [-0.05, 0) is 25.0 Å². The van der Waals surface area contributed by atoms with Gasteiger partial charge in [0.15, 0.2) is 0 Å². The van der Waals surface area contributed by atoms with Gasteiger partial charge in [0.2, 0.25) is 0 Å². The first-order chi connectivity index (χ1) is 16.1. The van der Waals surface area contributed by atoms with Gasteiger partial charge in [0.1, 0.15) is 6.10 Å². The molecule has 0 saturated carbocycles. The molecule has 1 aliphatic rings. The molecule has 0 aliphatic carbocycles. The molecule has 2 aromatic carbocycles. The Morgan fingerprint density at radius 1 is 1.03 bits per heavy atom. The van der Waals surface area contributed by atoms with Gasteiger partial charge in [-0.25, -0.2) is 4.79 Å². The average molecular weight is 460 g/mol. The summed E-state index contributed by atoms with van der Waals surface area (Å²) in [5.74, 6) is 0. The Morgan fingerprint density at radius 3 is 2.41 bits per heavy atom. The normalized spacial score (nSPS) is 17.0. The number of hydrogen-bond acceptors (Lipinski definition) is 5. The Kier molecular flexibility index (Phi) is 4.84. The van der Waals surface area contributed by atoms with Crippen LogP contribution in [0.1, 0.15) is 31.2 Å². The number of aryl methyl sites for hydroxylation is 1. The second-order valence-electron chi connectivity index (χ2n) is 9.22. The fourth-order valence-electron chi connectivity index (χ4n) is 4.92. The highest BCUT2D eigenvalue weighted by Crippen LogP contribution is 2.45. The summed E-state index contributed by atoms with van der Waals surface area (Å²) in [5.41, 5.74) is 1.75. The first kappa shape index (κ1) is 21.8. The van der Waals surface area contributed by atoms with Gasteiger partial charge in [-0.3, -0.25) is 24.0 Å². The Morgan fingerprint density at radius 2 is 1.74 bits per heavy atom. The van der Waals surface area contributed by atoms with Crippen LogP contribution in [0, 0.1) is 10.1 Å². The number of ether oxygens (including phenoxy) is 1. The first-order valence-electron chi connectivity index (χ1n) is 10.9. The fourth-order valence-corrected chi connectivity index (χ4v) is 4.92. The van der Waals surface area contributed by atoms with Crippen LogP contribution in [0.25, 0.3) is 22.2 Å². The number of rotatable bonds is 3. The number of nitrogens with zero attached hydrogens (tertiary/aromatic N) is 4. The van der Waals surface area contributed by atoms with E-state index >= 15 is 0 Å². The molecule has 34 heavy (non-hydrogen) atoms. The molecule has 9 heteroatoms. The quantitative estimate of drug-likeness (QED) is 0.344. The van der Waals surface area contributed by atoms with Crippen LogP contribution in [-0.4, -0.2) is 25.2 Å². The van der Waals surface area contributed by atoms with Crippen LogP contribution in [0.4, 0.5) is 5.69 Å². The SMILES string of the molecule is Cn1c(=O)c2c(-c3ccccc3)n3c(c2n(C)c1=O)[C@@H](c1cccc([N+](=O)[O-])c1)OCC3(C)C. The molecule has 0 saturated heterocycles. The van der Waals surface area contributed by atoms with E-state index < -0.39 is 27.8 Å². The number of fused-ring (bicyclic) bond motifs is 3. The molecular formula is C25H24N4O5. The number of benzene rings is 2. The predicted octanol–water partition coefficient (Wildman–Crippen LogP) is 3.47. The minimum Gasteiger partial charge on any atom is -0.365 e. The minimum atomic E-state index is -0.703. The summed E-state index contributed by atoms with van der Waals surface area (Å²) in [6, 6.07) is 15.8. The Balaban J connectivity index is 1.98. The van der Waals surface area contributed by atoms with Crippen molar-refractivity contribution in [1.82, 2.24) is 13.7 Å². The summed E-state index contributed by atoms with van der Waals surface area (Å²) in [5, 5.41) is 11.9. The molecule has 0 spiro atoms. The second kappa shape index (κ2) is 7.53. The third-order valence-electron chi connectivity index (χ3n) is 6.50. The van der Waals surface area contributed by atoms with E-state index in [1.54, 1.807) is 19.2 Å². The highest BCUT2D eigenvalue weighted by Gasteiger charge is 2.40. The third kappa shape index (κ3) is 3.04. The molecule has 0 radical (unpaired) electrons. The average Bonchev–Trinajstić information content (AvgIpc) is 3.20. The van der Waals surface area contributed by atoms with Crippen molar-refractivity contribution in [1.29, 1.82) is 0 Å². The summed E-state index contributed by atoms with van der Waals surface area (Å²) in [4.78, 5) is 37.5. The van der Waals surface area contributed by atoms with E-state index in [-0.39, 0.29) is 5.69 Å². The number of non-ortho nitro benzene ring substituents is 1. The number of nitro groups is 1. The van der Waals surface area contributed by atoms with Crippen LogP contribution in [0.3, 0.4) is 0 Å². The topological polar surface area (TPSA) is 101 Å². The van der Waals surface area contributed by atoms with Crippen molar-refractivity contribution in [2.24, 2.45) is 14.1 Å². The standard InChI is InChI=1S/C25H24N4O5/c1-25(2)14-34-22(16-11-8-12-17(13-16)29(32)33)21-20-18(23(30)27(4)24(31)26(20)3)19(28(21)25)15-9-6-5-7-10-15/h5-13,22H,14H2,1-4H3/t22-/m1/s1. The molecule has 0 amide bonds. The lowest BCUT2D eigenvalue weighted by molar-refractivity contribution is -0.385. The van der Waals surface area contributed by atoms with Crippen molar-refractivity contribution in [2.75, 3.05) is 6.61 Å². The molecule has 4 aromatic rings. The van der Waals surface area contributed by atoms with Crippen molar-refractivity contribution >= 4 is 16.6 Å². The van der Waals surface area contributed by atoms with Crippen molar-refractivity contribution in [2.45, 2.75) is 25.5 Å². The van der Waals surface area contributed by atoms with Crippen LogP contribution in [0.5, 0.6) is 0 Å². The van der Waals surface area contributed by atoms with Crippen LogP contribution in [-0.2, 0) is 24.4 Å². The fraction of sp³-hybridized carbons (Fsp3) is 0.280. The van der Waals surface area contributed by atoms with E-state index in [2.05, 4.69) is 4.57 Å². The van der Waals surface area contributed by atoms with Crippen LogP contribution < -0.4 is 11.2 Å². The van der Waals surface area contributed by atoms with Crippen molar-refractivity contribution in [3.05, 3.63) is 96.8 Å². The monoisotopic (exact) mass is 460 g/mol. The van der Waals surface area contributed by atoms with Crippen molar-refractivity contribution in [3.63, 3.8) is 0 Å². The molecule has 3 heterocycles. The highest BCUT2D eigenvalue weighted by atomic mass is 16.6. The number of hydrogen-bond donors (Lipinski definition) is 0. The lowest BCUT2D eigenvalue weighted by Gasteiger charge is -2.39. The largest absolute Gasteiger partial charge is 0.365 e. The van der Waals surface area contributed by atoms with Crippen LogP contribution in [0.2, 0.25) is 0 Å². The number of nitro benzene ring substituents is 1. The molecular weight excluding hydrogens is 436 g/mol. The van der Waals surface area contributed by atoms with Crippen molar-refractivity contribution < 1.29 is 9.66 Å². The zero-order chi connectivity index (χ0) is 24.4. The molecule has 0 N–H and O–H groups in total. The Hall–Kier alpha value is -3.98. The molecule has 1 atom stereocenters. The second-order valence-corrected chi connectivity index (χ2v) is 9.22. The molecule has 0 unspecified atom stereocenters. The van der Waals surface area contributed by atoms with E-state index in [9.17, 15) is 19.7 Å². The van der Waals surface area contributed by atoms with E-state index in [0.717, 1.165) is 10.1 Å². The maximum Gasteiger partial charge on any atom is 0.331 e. The summed E-state index contributed by atoms with van der Waals surface area (Å²) in [6.07, 6.45) is -0.703. The van der Waals surface area contributed by atoms with Gasteiger partial charge in [0.25, 0.3) is 11.2 Å². The number of aromatic nitrogens is 3. The van der Waals surface area contributed by atoms with E-state index in [1.807, 2.05) is 44.2 Å². The molecule has 9 nitrogen and oxygen atoms in total. The molecule has 0 bridgehead atoms. The molecule has 2 aromatic heterocycles. The minimum absolute atomic E-state index is 0.0542. The Labute approximate surface area is 194 Å². The highest BCUT2D eigenvalue weighted by molar-refractivity contribution is 5.96. The lowest BCUT2D eigenvalue weighted by atomic mass is 9.97. The molecule has 0 fully saturated rings. The zero-order valence-corrected chi connectivity index (χ0v) is 19.3. The zero-order valence-electron chi connectivity index (χ0n) is 19.3. The summed E-state index contributed by atoms with van der Waals surface area (Å²) < 4.78 is 10.9. The lowest BCUT2D eigenvalue weighted by Crippen LogP contribution is -2.40. The molecule has 5 rings (SSSR count). The van der Waals surface area contributed by atoms with Gasteiger partial charge < -0.3 is 9.30 Å². The van der Waals surface area contributed by atoms with Gasteiger partial charge in [-0.2, -0.15) is 0 Å². The summed E-state index contributed by atoms with van der Waals surface area (Å²) >= 11 is 0. The van der Waals surface area contributed by atoms with Gasteiger partial charge in [-0.15, -0.1) is 0 Å². The maximum absolute atomic E-state index is 13.5. The maximum atomic E-state index is 13.5. The van der Waals surface area contributed by atoms with Gasteiger partial charge in [-0.1, -0.05) is 42.5 Å². The summed E-state index contributed by atoms with van der Waals surface area (Å²) in [6.45, 7) is 4.32. The van der Waals surface area contributed by atoms with Gasteiger partial charge in [0.05, 0.1) is 39.4 Å². The third-order valence-corrected chi connectivity index (χ3v) is 6.50. The van der Waals surface area contributed by atoms with E-state index in [4.69, 9.17) is 4.74 Å². The molecule has 1 aliphatic heterocycles. The smallest absolute Gasteiger partial charge is 0.331 e. The van der Waals surface area contributed by atoms with E-state index in [0.29, 0.717) is 34.5 Å². The van der Waals surface area contributed by atoms with E-state index in [1.165, 1.54) is 23.7 Å². The van der Waals surface area contributed by atoms with Crippen LogP contribution in [0.15, 0.2) is 64.2 Å². The first-order valence-corrected chi connectivity index (χ1v) is 10.9. The Bertz CT molecular complexity index is 1580. The van der Waals surface area contributed by atoms with Gasteiger partial charge in [0, 0.05) is 26.2 Å². The predicted molar refractivity (Wildman–Crippen MR) is 128 cm³/mol. The van der Waals surface area contributed by atoms with Crippen LogP contribution >= 0.6 is 0 Å². The molecule has 174 valence electrons. The summed E-state index contributed by atoms with van der Waals surface area (Å²) in [7, 11) is 3.10. The van der Waals surface area contributed by atoms with Gasteiger partial charge >= 0.3 is 5.69 Å². The van der Waals surface area contributed by atoms with Crippen molar-refractivity contribution in [3.8, 4) is 11.3 Å².